The lowest BCUT2D eigenvalue weighted by molar-refractivity contribution is 0.598. The maximum atomic E-state index is 11.7. The molecule has 0 saturated heterocycles. The van der Waals surface area contributed by atoms with Gasteiger partial charge in [0.05, 0.1) is 11.7 Å². The summed E-state index contributed by atoms with van der Waals surface area (Å²) >= 11 is -1.26. The Bertz CT molecular complexity index is 743. The number of nitriles is 1. The second-order valence-corrected chi connectivity index (χ2v) is 5.60. The number of aromatic nitrogens is 3. The molecule has 20 heavy (non-hydrogen) atoms. The fourth-order valence-corrected chi connectivity index (χ4v) is 2.62. The van der Waals surface area contributed by atoms with Crippen molar-refractivity contribution in [3.63, 3.8) is 0 Å². The van der Waals surface area contributed by atoms with Gasteiger partial charge < -0.3 is 9.54 Å². The van der Waals surface area contributed by atoms with Crippen molar-refractivity contribution in [2.24, 2.45) is 0 Å². The topological polar surface area (TPSA) is 88.4 Å². The Morgan fingerprint density at radius 2 is 2.05 bits per heavy atom. The van der Waals surface area contributed by atoms with Gasteiger partial charge in [-0.2, -0.15) is 5.26 Å². The highest BCUT2D eigenvalue weighted by atomic mass is 32.2. The summed E-state index contributed by atoms with van der Waals surface area (Å²) in [7, 11) is 0. The van der Waals surface area contributed by atoms with E-state index >= 15 is 0 Å². The van der Waals surface area contributed by atoms with Crippen LogP contribution in [-0.2, 0) is 11.2 Å². The lowest BCUT2D eigenvalue weighted by Gasteiger charge is -2.06. The first-order valence-corrected chi connectivity index (χ1v) is 7.25. The highest BCUT2D eigenvalue weighted by Crippen LogP contribution is 2.21. The minimum atomic E-state index is -1.26. The van der Waals surface area contributed by atoms with E-state index in [4.69, 9.17) is 5.26 Å². The van der Waals surface area contributed by atoms with Gasteiger partial charge in [0, 0.05) is 11.8 Å². The van der Waals surface area contributed by atoms with Gasteiger partial charge in [0.25, 0.3) is 0 Å². The first kappa shape index (κ1) is 12.7. The number of imidazole rings is 1. The molecule has 0 amide bonds. The number of nitrogens with zero attached hydrogens (tertiary/aromatic N) is 3. The molecule has 0 aliphatic rings. The predicted octanol–water partition coefficient (Wildman–Crippen LogP) is 2.26. The second-order valence-electron chi connectivity index (χ2n) is 4.15. The monoisotopic (exact) mass is 282 g/mol. The zero-order chi connectivity index (χ0) is 13.9. The van der Waals surface area contributed by atoms with Gasteiger partial charge >= 0.3 is 0 Å². The Morgan fingerprint density at radius 1 is 1.25 bits per heavy atom. The first-order chi connectivity index (χ1) is 9.78. The molecule has 6 heteroatoms. The van der Waals surface area contributed by atoms with Crippen LogP contribution in [0.1, 0.15) is 0 Å². The molecule has 0 aliphatic heterocycles. The van der Waals surface area contributed by atoms with Gasteiger partial charge in [0.1, 0.15) is 17.4 Å². The molecular formula is C14H10N4OS. The van der Waals surface area contributed by atoms with Gasteiger partial charge in [-0.05, 0) is 41.5 Å². The van der Waals surface area contributed by atoms with Crippen molar-refractivity contribution in [3.8, 4) is 17.5 Å². The number of aromatic amines is 1. The number of pyridine rings is 1. The average molecular weight is 282 g/mol. The molecule has 1 aromatic carbocycles. The van der Waals surface area contributed by atoms with Crippen LogP contribution in [0, 0.1) is 11.3 Å². The number of benzene rings is 1. The van der Waals surface area contributed by atoms with E-state index in [-0.39, 0.29) is 5.75 Å². The van der Waals surface area contributed by atoms with Gasteiger partial charge in [0.15, 0.2) is 10.6 Å². The standard InChI is InChI=1S/C14H10N4OS/c15-6-8-20(19)11-3-1-10(2-4-11)14-17-12-5-7-16-9-13(12)18-14/h1-5,7,9H,8H2,(H,17,18). The van der Waals surface area contributed by atoms with E-state index in [2.05, 4.69) is 15.0 Å². The number of hydrogen-bond donors (Lipinski definition) is 1. The van der Waals surface area contributed by atoms with Crippen molar-refractivity contribution in [1.82, 2.24) is 15.0 Å². The molecule has 1 atom stereocenters. The van der Waals surface area contributed by atoms with E-state index < -0.39 is 11.2 Å². The summed E-state index contributed by atoms with van der Waals surface area (Å²) in [5, 5.41) is 8.55. The Kier molecular flexibility index (Phi) is 3.37. The molecule has 3 rings (SSSR count). The summed E-state index contributed by atoms with van der Waals surface area (Å²) in [4.78, 5) is 12.3. The molecule has 5 nitrogen and oxygen atoms in total. The average Bonchev–Trinajstić information content (AvgIpc) is 2.91. The molecular weight excluding hydrogens is 272 g/mol. The van der Waals surface area contributed by atoms with Crippen molar-refractivity contribution in [2.75, 3.05) is 5.75 Å². The number of H-pyrrole nitrogens is 1. The van der Waals surface area contributed by atoms with Gasteiger partial charge in [0.2, 0.25) is 0 Å². The fourth-order valence-electron chi connectivity index (χ4n) is 1.90. The van der Waals surface area contributed by atoms with Crippen LogP contribution in [0.4, 0.5) is 0 Å². The van der Waals surface area contributed by atoms with Crippen molar-refractivity contribution in [2.45, 2.75) is 4.90 Å². The van der Waals surface area contributed by atoms with Crippen LogP contribution in [0.15, 0.2) is 47.6 Å². The van der Waals surface area contributed by atoms with Crippen LogP contribution in [0.25, 0.3) is 22.4 Å². The summed E-state index contributed by atoms with van der Waals surface area (Å²) < 4.78 is 11.7. The molecule has 2 aromatic heterocycles. The van der Waals surface area contributed by atoms with Crippen LogP contribution in [0.5, 0.6) is 0 Å². The molecule has 1 N–H and O–H groups in total. The number of hydrogen-bond acceptors (Lipinski definition) is 4. The first-order valence-electron chi connectivity index (χ1n) is 5.93. The van der Waals surface area contributed by atoms with Crippen LogP contribution in [0.3, 0.4) is 0 Å². The highest BCUT2D eigenvalue weighted by molar-refractivity contribution is 7.91. The molecule has 0 saturated carbocycles. The van der Waals surface area contributed by atoms with Crippen molar-refractivity contribution in [1.29, 1.82) is 5.26 Å². The molecule has 2 heterocycles. The third-order valence-corrected chi connectivity index (χ3v) is 4.06. The van der Waals surface area contributed by atoms with Crippen molar-refractivity contribution >= 4 is 22.2 Å². The van der Waals surface area contributed by atoms with Gasteiger partial charge in [-0.1, -0.05) is 0 Å². The number of fused-ring (bicyclic) bond motifs is 1. The van der Waals surface area contributed by atoms with E-state index in [1.54, 1.807) is 24.5 Å². The minimum absolute atomic E-state index is 0.00958. The number of rotatable bonds is 3. The second kappa shape index (κ2) is 5.33. The third-order valence-electron chi connectivity index (χ3n) is 2.87. The van der Waals surface area contributed by atoms with E-state index in [0.29, 0.717) is 4.90 Å². The Labute approximate surface area is 118 Å². The summed E-state index contributed by atoms with van der Waals surface area (Å²) in [6, 6.07) is 11.0. The van der Waals surface area contributed by atoms with E-state index in [9.17, 15) is 4.55 Å². The quantitative estimate of drug-likeness (QED) is 0.746. The van der Waals surface area contributed by atoms with E-state index in [1.807, 2.05) is 24.3 Å². The molecule has 0 bridgehead atoms. The van der Waals surface area contributed by atoms with Crippen molar-refractivity contribution < 1.29 is 4.55 Å². The molecule has 1 unspecified atom stereocenters. The third kappa shape index (κ3) is 2.37. The zero-order valence-corrected chi connectivity index (χ0v) is 11.2. The summed E-state index contributed by atoms with van der Waals surface area (Å²) in [5.41, 5.74) is 2.63. The smallest absolute Gasteiger partial charge is 0.196 e. The number of nitrogens with one attached hydrogen (secondary N) is 1. The van der Waals surface area contributed by atoms with Crippen molar-refractivity contribution in [3.05, 3.63) is 42.7 Å². The van der Waals surface area contributed by atoms with Gasteiger partial charge in [-0.25, -0.2) is 4.98 Å². The SMILES string of the molecule is N#CC[S+]([O-])c1ccc(-c2nc3cnccc3[nH]2)cc1. The molecule has 3 aromatic rings. The highest BCUT2D eigenvalue weighted by Gasteiger charge is 2.11. The van der Waals surface area contributed by atoms with Crippen LogP contribution < -0.4 is 0 Å². The lowest BCUT2D eigenvalue weighted by atomic mass is 10.2. The Balaban J connectivity index is 1.93. The van der Waals surface area contributed by atoms with Crippen LogP contribution >= 0.6 is 0 Å². The maximum Gasteiger partial charge on any atom is 0.196 e. The fraction of sp³-hybridized carbons (Fsp3) is 0.0714. The Morgan fingerprint density at radius 3 is 2.75 bits per heavy atom. The summed E-state index contributed by atoms with van der Waals surface area (Å²) in [6.07, 6.45) is 3.41. The summed E-state index contributed by atoms with van der Waals surface area (Å²) in [6.45, 7) is 0. The van der Waals surface area contributed by atoms with Crippen LogP contribution in [0.2, 0.25) is 0 Å². The van der Waals surface area contributed by atoms with E-state index in [0.717, 1.165) is 22.4 Å². The van der Waals surface area contributed by atoms with Gasteiger partial charge in [-0.3, -0.25) is 4.98 Å². The summed E-state index contributed by atoms with van der Waals surface area (Å²) in [5.74, 6) is 0.751. The van der Waals surface area contributed by atoms with Gasteiger partial charge in [-0.15, -0.1) is 0 Å². The molecule has 0 spiro atoms. The predicted molar refractivity (Wildman–Crippen MR) is 76.2 cm³/mol. The normalized spacial score (nSPS) is 12.2. The molecule has 0 fully saturated rings. The lowest BCUT2D eigenvalue weighted by Crippen LogP contribution is -2.04. The van der Waals surface area contributed by atoms with Crippen LogP contribution in [-0.4, -0.2) is 25.3 Å². The minimum Gasteiger partial charge on any atom is -0.611 e. The largest absolute Gasteiger partial charge is 0.611 e. The van der Waals surface area contributed by atoms with E-state index in [1.165, 1.54) is 0 Å². The maximum absolute atomic E-state index is 11.7. The zero-order valence-electron chi connectivity index (χ0n) is 10.4. The molecule has 0 aliphatic carbocycles. The molecule has 0 radical (unpaired) electrons. The molecule has 98 valence electrons. The Hall–Kier alpha value is -2.36.